The zero-order chi connectivity index (χ0) is 20.1. The van der Waals surface area contributed by atoms with Crippen LogP contribution in [0, 0.1) is 0 Å². The van der Waals surface area contributed by atoms with E-state index >= 15 is 0 Å². The van der Waals surface area contributed by atoms with Crippen molar-refractivity contribution in [2.24, 2.45) is 0 Å². The van der Waals surface area contributed by atoms with E-state index in [9.17, 15) is 40.3 Å². The van der Waals surface area contributed by atoms with E-state index in [-0.39, 0.29) is 6.07 Å². The van der Waals surface area contributed by atoms with Crippen LogP contribution in [0.25, 0.3) is 10.8 Å². The molecule has 11 heteroatoms. The van der Waals surface area contributed by atoms with Gasteiger partial charge in [0.2, 0.25) is 0 Å². The Morgan fingerprint density at radius 3 is 1.77 bits per heavy atom. The fraction of sp³-hybridized carbons (Fsp3) is 0.200. The van der Waals surface area contributed by atoms with E-state index in [0.717, 1.165) is 12.1 Å². The summed E-state index contributed by atoms with van der Waals surface area (Å²) in [5, 5.41) is 17.4. The van der Waals surface area contributed by atoms with Crippen molar-refractivity contribution in [3.05, 3.63) is 47.0 Å². The molecule has 0 amide bonds. The molecule has 0 bridgehead atoms. The van der Waals surface area contributed by atoms with Crippen LogP contribution in [0.15, 0.2) is 30.3 Å². The molecule has 0 aliphatic heterocycles. The van der Waals surface area contributed by atoms with Crippen molar-refractivity contribution in [2.75, 3.05) is 0 Å². The van der Waals surface area contributed by atoms with E-state index in [4.69, 9.17) is 10.2 Å². The Hall–Kier alpha value is -2.85. The molecule has 0 radical (unpaired) electrons. The first-order valence-corrected chi connectivity index (χ1v) is 6.58. The standard InChI is InChI=1S/C15H7F7O4/c16-13(17,14(18,19)15(20,21)22)8-5-6-3-1-2-4-7(6)9(11(23)24)10(8)12(25)26/h1-5H,(H,23,24)(H,25,26). The van der Waals surface area contributed by atoms with Crippen molar-refractivity contribution in [1.82, 2.24) is 0 Å². The molecule has 0 heterocycles. The number of halogens is 7. The largest absolute Gasteiger partial charge is 0.478 e. The molecule has 0 unspecified atom stereocenters. The van der Waals surface area contributed by atoms with Crippen LogP contribution in [0.5, 0.6) is 0 Å². The Labute approximate surface area is 139 Å². The number of carboxylic acids is 2. The van der Waals surface area contributed by atoms with Gasteiger partial charge in [0, 0.05) is 5.56 Å². The molecule has 2 aromatic carbocycles. The lowest BCUT2D eigenvalue weighted by Gasteiger charge is -2.30. The normalized spacial score (nSPS) is 13.0. The van der Waals surface area contributed by atoms with E-state index in [0.29, 0.717) is 0 Å². The molecule has 2 aromatic rings. The number of rotatable bonds is 4. The van der Waals surface area contributed by atoms with Crippen molar-refractivity contribution in [3.8, 4) is 0 Å². The SMILES string of the molecule is O=C(O)c1c(C(F)(F)C(F)(F)C(F)(F)F)cc2ccccc2c1C(=O)O. The highest BCUT2D eigenvalue weighted by atomic mass is 19.4. The van der Waals surface area contributed by atoms with Crippen LogP contribution in [-0.2, 0) is 5.92 Å². The molecule has 0 aliphatic carbocycles. The van der Waals surface area contributed by atoms with Crippen LogP contribution < -0.4 is 0 Å². The van der Waals surface area contributed by atoms with Crippen LogP contribution in [0.3, 0.4) is 0 Å². The highest BCUT2D eigenvalue weighted by Crippen LogP contribution is 2.53. The molecule has 26 heavy (non-hydrogen) atoms. The van der Waals surface area contributed by atoms with E-state index in [2.05, 4.69) is 0 Å². The van der Waals surface area contributed by atoms with Gasteiger partial charge >= 0.3 is 30.0 Å². The highest BCUT2D eigenvalue weighted by Gasteiger charge is 2.74. The minimum Gasteiger partial charge on any atom is -0.478 e. The molecule has 0 saturated heterocycles. The van der Waals surface area contributed by atoms with Crippen molar-refractivity contribution in [2.45, 2.75) is 18.0 Å². The molecule has 4 nitrogen and oxygen atoms in total. The van der Waals surface area contributed by atoms with Crippen molar-refractivity contribution in [3.63, 3.8) is 0 Å². The van der Waals surface area contributed by atoms with Crippen molar-refractivity contribution < 1.29 is 50.5 Å². The first kappa shape index (κ1) is 19.5. The number of carbonyl (C=O) groups is 2. The van der Waals surface area contributed by atoms with Crippen molar-refractivity contribution in [1.29, 1.82) is 0 Å². The molecular formula is C15H7F7O4. The summed E-state index contributed by atoms with van der Waals surface area (Å²) in [5.41, 5.74) is -5.41. The van der Waals surface area contributed by atoms with Gasteiger partial charge in [-0.05, 0) is 16.8 Å². The lowest BCUT2D eigenvalue weighted by atomic mass is 9.88. The van der Waals surface area contributed by atoms with Gasteiger partial charge < -0.3 is 10.2 Å². The molecule has 0 fully saturated rings. The van der Waals surface area contributed by atoms with Gasteiger partial charge in [-0.2, -0.15) is 30.7 Å². The summed E-state index contributed by atoms with van der Waals surface area (Å²) in [6, 6.07) is 4.49. The van der Waals surface area contributed by atoms with Gasteiger partial charge in [0.1, 0.15) is 0 Å². The van der Waals surface area contributed by atoms with E-state index < -0.39 is 57.4 Å². The Balaban J connectivity index is 3.02. The number of benzene rings is 2. The van der Waals surface area contributed by atoms with Crippen LogP contribution in [0.4, 0.5) is 30.7 Å². The number of hydrogen-bond donors (Lipinski definition) is 2. The number of fused-ring (bicyclic) bond motifs is 1. The molecular weight excluding hydrogens is 377 g/mol. The van der Waals surface area contributed by atoms with Crippen LogP contribution >= 0.6 is 0 Å². The van der Waals surface area contributed by atoms with Crippen LogP contribution in [0.2, 0.25) is 0 Å². The second-order valence-corrected chi connectivity index (χ2v) is 5.15. The maximum atomic E-state index is 14.1. The number of hydrogen-bond acceptors (Lipinski definition) is 2. The highest BCUT2D eigenvalue weighted by molar-refractivity contribution is 6.12. The lowest BCUT2D eigenvalue weighted by Crippen LogP contribution is -2.50. The average molecular weight is 384 g/mol. The molecule has 0 saturated carbocycles. The van der Waals surface area contributed by atoms with E-state index in [1.54, 1.807) is 0 Å². The minimum atomic E-state index is -6.71. The quantitative estimate of drug-likeness (QED) is 0.760. The van der Waals surface area contributed by atoms with Gasteiger partial charge in [0.15, 0.2) is 0 Å². The second kappa shape index (κ2) is 5.85. The summed E-state index contributed by atoms with van der Waals surface area (Å²) in [4.78, 5) is 22.6. The van der Waals surface area contributed by atoms with Crippen LogP contribution in [-0.4, -0.2) is 34.3 Å². The third-order valence-electron chi connectivity index (χ3n) is 3.57. The van der Waals surface area contributed by atoms with E-state index in [1.807, 2.05) is 0 Å². The molecule has 140 valence electrons. The number of carboxylic acid groups (broad SMARTS) is 2. The van der Waals surface area contributed by atoms with Crippen LogP contribution in [0.1, 0.15) is 26.3 Å². The number of aromatic carboxylic acids is 2. The Kier molecular flexibility index (Phi) is 4.38. The molecule has 0 aromatic heterocycles. The summed E-state index contributed by atoms with van der Waals surface area (Å²) in [5.74, 6) is -17.1. The minimum absolute atomic E-state index is 0.116. The maximum absolute atomic E-state index is 14.1. The predicted molar refractivity (Wildman–Crippen MR) is 72.8 cm³/mol. The van der Waals surface area contributed by atoms with Gasteiger partial charge in [-0.1, -0.05) is 24.3 Å². The first-order valence-electron chi connectivity index (χ1n) is 6.58. The Morgan fingerprint density at radius 1 is 0.808 bits per heavy atom. The van der Waals surface area contributed by atoms with E-state index in [1.165, 1.54) is 12.1 Å². The fourth-order valence-corrected chi connectivity index (χ4v) is 2.39. The number of alkyl halides is 7. The summed E-state index contributed by atoms with van der Waals surface area (Å²) in [6.45, 7) is 0. The first-order chi connectivity index (χ1) is 11.7. The molecule has 0 spiro atoms. The topological polar surface area (TPSA) is 74.6 Å². The molecule has 2 rings (SSSR count). The third-order valence-corrected chi connectivity index (χ3v) is 3.57. The lowest BCUT2D eigenvalue weighted by molar-refractivity contribution is -0.359. The van der Waals surface area contributed by atoms with Gasteiger partial charge in [-0.15, -0.1) is 0 Å². The summed E-state index contributed by atoms with van der Waals surface area (Å²) in [6.07, 6.45) is -6.71. The Bertz CT molecular complexity index is 903. The average Bonchev–Trinajstić information content (AvgIpc) is 2.51. The van der Waals surface area contributed by atoms with Gasteiger partial charge in [0.25, 0.3) is 0 Å². The smallest absolute Gasteiger partial charge is 0.460 e. The zero-order valence-electron chi connectivity index (χ0n) is 12.2. The fourth-order valence-electron chi connectivity index (χ4n) is 2.39. The summed E-state index contributed by atoms with van der Waals surface area (Å²) < 4.78 is 92.2. The predicted octanol–water partition coefficient (Wildman–Crippen LogP) is 4.53. The van der Waals surface area contributed by atoms with Crippen molar-refractivity contribution >= 4 is 22.7 Å². The Morgan fingerprint density at radius 2 is 1.31 bits per heavy atom. The van der Waals surface area contributed by atoms with Gasteiger partial charge in [-0.25, -0.2) is 9.59 Å². The third kappa shape index (κ3) is 2.72. The molecule has 0 atom stereocenters. The summed E-state index contributed by atoms with van der Waals surface area (Å²) >= 11 is 0. The van der Waals surface area contributed by atoms with Gasteiger partial charge in [-0.3, -0.25) is 0 Å². The zero-order valence-corrected chi connectivity index (χ0v) is 12.2. The molecule has 0 aliphatic rings. The maximum Gasteiger partial charge on any atom is 0.460 e. The second-order valence-electron chi connectivity index (χ2n) is 5.15. The van der Waals surface area contributed by atoms with Gasteiger partial charge in [0.05, 0.1) is 11.1 Å². The summed E-state index contributed by atoms with van der Waals surface area (Å²) in [7, 11) is 0. The molecule has 2 N–H and O–H groups in total. The monoisotopic (exact) mass is 384 g/mol.